The summed E-state index contributed by atoms with van der Waals surface area (Å²) in [5.41, 5.74) is 4.60. The molecule has 2 aliphatic rings. The zero-order valence-electron chi connectivity index (χ0n) is 12.6. The number of piperidine rings is 1. The number of rotatable bonds is 1. The number of likely N-dealkylation sites (N-methyl/N-ethyl adjacent to an activating group) is 1. The maximum atomic E-state index is 3.69. The van der Waals surface area contributed by atoms with E-state index in [-0.39, 0.29) is 38.0 Å². The Morgan fingerprint density at radius 1 is 1.20 bits per heavy atom. The van der Waals surface area contributed by atoms with Gasteiger partial charge in [0.2, 0.25) is 0 Å². The van der Waals surface area contributed by atoms with Crippen LogP contribution in [0.15, 0.2) is 18.2 Å². The Morgan fingerprint density at radius 3 is 2.70 bits per heavy atom. The second-order valence-corrected chi connectivity index (χ2v) is 6.16. The number of nitrogens with zero attached hydrogens (tertiary/aromatic N) is 1. The Bertz CT molecular complexity index is 430. The Morgan fingerprint density at radius 2 is 2.00 bits per heavy atom. The van der Waals surface area contributed by atoms with Crippen LogP contribution in [0.3, 0.4) is 0 Å². The van der Waals surface area contributed by atoms with E-state index < -0.39 is 0 Å². The van der Waals surface area contributed by atoms with E-state index in [2.05, 4.69) is 42.4 Å². The van der Waals surface area contributed by atoms with Gasteiger partial charge in [-0.3, -0.25) is 0 Å². The third-order valence-corrected chi connectivity index (χ3v) is 4.50. The van der Waals surface area contributed by atoms with Crippen molar-refractivity contribution in [1.29, 1.82) is 0 Å². The van der Waals surface area contributed by atoms with Gasteiger partial charge in [0.25, 0.3) is 0 Å². The van der Waals surface area contributed by atoms with Crippen molar-refractivity contribution in [2.75, 3.05) is 20.1 Å². The molecule has 0 spiro atoms. The summed E-state index contributed by atoms with van der Waals surface area (Å²) in [6.07, 6.45) is 3.85. The summed E-state index contributed by atoms with van der Waals surface area (Å²) < 4.78 is 0. The molecule has 2 nitrogen and oxygen atoms in total. The molecule has 0 amide bonds. The fourth-order valence-electron chi connectivity index (χ4n) is 3.22. The van der Waals surface area contributed by atoms with Gasteiger partial charge in [-0.15, -0.1) is 0 Å². The zero-order valence-corrected chi connectivity index (χ0v) is 14.6. The van der Waals surface area contributed by atoms with Gasteiger partial charge in [-0.1, -0.05) is 33.5 Å². The smallest absolute Gasteiger partial charge is 0.310 e. The third kappa shape index (κ3) is 4.11. The Labute approximate surface area is 147 Å². The molecule has 106 valence electrons. The van der Waals surface area contributed by atoms with Crippen LogP contribution >= 0.6 is 0 Å². The van der Waals surface area contributed by atoms with Gasteiger partial charge in [0.05, 0.1) is 0 Å². The minimum absolute atomic E-state index is 0. The Kier molecular flexibility index (Phi) is 7.30. The molecule has 1 saturated heterocycles. The van der Waals surface area contributed by atoms with Crippen molar-refractivity contribution < 1.29 is 29.6 Å². The maximum Gasteiger partial charge on any atom is 1.00 e. The molecule has 0 aromatic heterocycles. The second kappa shape index (κ2) is 8.00. The first-order valence-corrected chi connectivity index (χ1v) is 7.26. The molecule has 0 aliphatic carbocycles. The minimum atomic E-state index is 0. The van der Waals surface area contributed by atoms with Crippen molar-refractivity contribution in [1.82, 2.24) is 10.2 Å². The molecular formula is C16H28BN2Na. The van der Waals surface area contributed by atoms with Crippen LogP contribution in [0.1, 0.15) is 42.5 Å². The van der Waals surface area contributed by atoms with Gasteiger partial charge in [-0.25, -0.2) is 0 Å². The average Bonchev–Trinajstić information content (AvgIpc) is 2.38. The Balaban J connectivity index is 0.000001000. The number of hydrogen-bond acceptors (Lipinski definition) is 2. The molecule has 1 aromatic carbocycles. The van der Waals surface area contributed by atoms with Gasteiger partial charge in [0.1, 0.15) is 0 Å². The van der Waals surface area contributed by atoms with Gasteiger partial charge in [-0.05, 0) is 55.5 Å². The molecule has 4 heteroatoms. The second-order valence-electron chi connectivity index (χ2n) is 6.16. The monoisotopic (exact) mass is 282 g/mol. The quantitative estimate of drug-likeness (QED) is 0.617. The van der Waals surface area contributed by atoms with Crippen LogP contribution in [-0.4, -0.2) is 33.5 Å². The van der Waals surface area contributed by atoms with Crippen LogP contribution in [0.2, 0.25) is 0 Å². The standard InChI is InChI=1S/C16H24N2.BH4.Na/c1-12-3-6-16(17-10-12)14-5-4-13-7-8-18(2)11-15(13)9-14;;/h4-5,9,12,16-17H,3,6-8,10-11H2,1-2H3;1H4;/q;-1;+1. The van der Waals surface area contributed by atoms with E-state index >= 15 is 0 Å². The van der Waals surface area contributed by atoms with E-state index in [0.717, 1.165) is 12.5 Å². The zero-order chi connectivity index (χ0) is 12.5. The van der Waals surface area contributed by atoms with E-state index in [1.54, 1.807) is 11.1 Å². The molecule has 1 N–H and O–H groups in total. The van der Waals surface area contributed by atoms with E-state index in [4.69, 9.17) is 0 Å². The molecule has 0 saturated carbocycles. The van der Waals surface area contributed by atoms with Crippen molar-refractivity contribution in [3.63, 3.8) is 0 Å². The Hall–Kier alpha value is 0.205. The largest absolute Gasteiger partial charge is 1.00 e. The van der Waals surface area contributed by atoms with Crippen molar-refractivity contribution >= 4 is 8.41 Å². The van der Waals surface area contributed by atoms with Gasteiger partial charge < -0.3 is 10.2 Å². The summed E-state index contributed by atoms with van der Waals surface area (Å²) in [4.78, 5) is 2.42. The van der Waals surface area contributed by atoms with Gasteiger partial charge >= 0.3 is 29.6 Å². The van der Waals surface area contributed by atoms with Crippen molar-refractivity contribution in [2.45, 2.75) is 38.8 Å². The van der Waals surface area contributed by atoms with Crippen LogP contribution in [0.4, 0.5) is 0 Å². The summed E-state index contributed by atoms with van der Waals surface area (Å²) in [5.74, 6) is 0.838. The predicted molar refractivity (Wildman–Crippen MR) is 87.0 cm³/mol. The van der Waals surface area contributed by atoms with E-state index in [1.165, 1.54) is 37.9 Å². The summed E-state index contributed by atoms with van der Waals surface area (Å²) in [6, 6.07) is 7.73. The molecule has 1 fully saturated rings. The molecule has 0 bridgehead atoms. The molecule has 2 unspecified atom stereocenters. The van der Waals surface area contributed by atoms with Crippen molar-refractivity contribution in [2.24, 2.45) is 5.92 Å². The summed E-state index contributed by atoms with van der Waals surface area (Å²) in [5, 5.41) is 3.69. The molecular weight excluding hydrogens is 254 g/mol. The van der Waals surface area contributed by atoms with Crippen LogP contribution in [-0.2, 0) is 13.0 Å². The molecule has 1 aromatic rings. The fourth-order valence-corrected chi connectivity index (χ4v) is 3.22. The molecule has 2 aliphatic heterocycles. The summed E-state index contributed by atoms with van der Waals surface area (Å²) in [6.45, 7) is 5.82. The summed E-state index contributed by atoms with van der Waals surface area (Å²) >= 11 is 0. The van der Waals surface area contributed by atoms with Crippen LogP contribution in [0, 0.1) is 5.92 Å². The summed E-state index contributed by atoms with van der Waals surface area (Å²) in [7, 11) is 2.22. The average molecular weight is 282 g/mol. The van der Waals surface area contributed by atoms with E-state index in [9.17, 15) is 0 Å². The van der Waals surface area contributed by atoms with Crippen LogP contribution in [0.25, 0.3) is 0 Å². The molecule has 2 atom stereocenters. The first kappa shape index (κ1) is 18.3. The number of fused-ring (bicyclic) bond motifs is 1. The number of hydrogen-bond donors (Lipinski definition) is 1. The minimum Gasteiger partial charge on any atom is -0.310 e. The molecule has 20 heavy (non-hydrogen) atoms. The van der Waals surface area contributed by atoms with Gasteiger partial charge in [-0.2, -0.15) is 0 Å². The topological polar surface area (TPSA) is 15.3 Å². The maximum absolute atomic E-state index is 3.69. The van der Waals surface area contributed by atoms with Crippen LogP contribution < -0.4 is 34.9 Å². The van der Waals surface area contributed by atoms with E-state index in [0.29, 0.717) is 6.04 Å². The predicted octanol–water partition coefficient (Wildman–Crippen LogP) is -1.71. The van der Waals surface area contributed by atoms with Gasteiger partial charge in [0, 0.05) is 19.1 Å². The third-order valence-electron chi connectivity index (χ3n) is 4.50. The number of benzene rings is 1. The van der Waals surface area contributed by atoms with Gasteiger partial charge in [0.15, 0.2) is 0 Å². The number of nitrogens with one attached hydrogen (secondary N) is 1. The first-order valence-electron chi connectivity index (χ1n) is 7.26. The molecule has 2 heterocycles. The van der Waals surface area contributed by atoms with E-state index in [1.807, 2.05) is 0 Å². The van der Waals surface area contributed by atoms with Crippen LogP contribution in [0.5, 0.6) is 0 Å². The van der Waals surface area contributed by atoms with Crippen molar-refractivity contribution in [3.05, 3.63) is 34.9 Å². The van der Waals surface area contributed by atoms with Crippen molar-refractivity contribution in [3.8, 4) is 0 Å². The fraction of sp³-hybridized carbons (Fsp3) is 0.625. The molecule has 0 radical (unpaired) electrons. The SMILES string of the molecule is CC1CCC(c2ccc3c(c2)CN(C)CC3)NC1.[BH4-].[Na+]. The normalized spacial score (nSPS) is 26.1. The first-order chi connectivity index (χ1) is 8.72. The molecule has 3 rings (SSSR count).